The standard InChI is InChI=1S/C18H22N2O5S/c1-11(2)25-15-8-6-13(9-16(15)24-4)18(21)20-14-7-5-12(3)17(10-14)26(19,22)23/h5-11H,1-4H3,(H,20,21)(H2,19,22,23). The van der Waals surface area contributed by atoms with Gasteiger partial charge in [0.25, 0.3) is 5.91 Å². The zero-order valence-electron chi connectivity index (χ0n) is 15.1. The number of hydrogen-bond acceptors (Lipinski definition) is 5. The summed E-state index contributed by atoms with van der Waals surface area (Å²) in [5, 5.41) is 7.85. The fourth-order valence-corrected chi connectivity index (χ4v) is 3.16. The molecular formula is C18H22N2O5S. The van der Waals surface area contributed by atoms with Gasteiger partial charge in [0.15, 0.2) is 11.5 Å². The van der Waals surface area contributed by atoms with Crippen LogP contribution in [-0.2, 0) is 10.0 Å². The second-order valence-electron chi connectivity index (χ2n) is 6.01. The number of rotatable bonds is 6. The van der Waals surface area contributed by atoms with Gasteiger partial charge in [0.1, 0.15) is 0 Å². The minimum absolute atomic E-state index is 0.0337. The molecule has 0 fully saturated rings. The van der Waals surface area contributed by atoms with Gasteiger partial charge in [-0.1, -0.05) is 6.07 Å². The Balaban J connectivity index is 2.28. The van der Waals surface area contributed by atoms with Crippen LogP contribution in [-0.4, -0.2) is 27.5 Å². The molecule has 26 heavy (non-hydrogen) atoms. The lowest BCUT2D eigenvalue weighted by molar-refractivity contribution is 0.102. The molecule has 8 heteroatoms. The molecule has 0 spiro atoms. The van der Waals surface area contributed by atoms with Crippen molar-refractivity contribution >= 4 is 21.6 Å². The van der Waals surface area contributed by atoms with E-state index in [1.807, 2.05) is 13.8 Å². The van der Waals surface area contributed by atoms with Crippen LogP contribution in [0.2, 0.25) is 0 Å². The van der Waals surface area contributed by atoms with Crippen molar-refractivity contribution in [2.24, 2.45) is 5.14 Å². The Kier molecular flexibility index (Phi) is 5.89. The van der Waals surface area contributed by atoms with Crippen molar-refractivity contribution in [3.63, 3.8) is 0 Å². The molecule has 140 valence electrons. The smallest absolute Gasteiger partial charge is 0.255 e. The van der Waals surface area contributed by atoms with Gasteiger partial charge in [-0.25, -0.2) is 13.6 Å². The van der Waals surface area contributed by atoms with Crippen molar-refractivity contribution < 1.29 is 22.7 Å². The monoisotopic (exact) mass is 378 g/mol. The zero-order chi connectivity index (χ0) is 19.5. The molecule has 0 bridgehead atoms. The summed E-state index contributed by atoms with van der Waals surface area (Å²) >= 11 is 0. The number of nitrogens with two attached hydrogens (primary N) is 1. The van der Waals surface area contributed by atoms with Crippen molar-refractivity contribution in [2.45, 2.75) is 31.8 Å². The van der Waals surface area contributed by atoms with E-state index in [4.69, 9.17) is 14.6 Å². The zero-order valence-corrected chi connectivity index (χ0v) is 15.9. The molecule has 1 amide bonds. The predicted octanol–water partition coefficient (Wildman–Crippen LogP) is 2.69. The summed E-state index contributed by atoms with van der Waals surface area (Å²) in [6.45, 7) is 5.41. The molecule has 0 saturated heterocycles. The average molecular weight is 378 g/mol. The van der Waals surface area contributed by atoms with Crippen molar-refractivity contribution in [1.29, 1.82) is 0 Å². The maximum atomic E-state index is 12.5. The van der Waals surface area contributed by atoms with Crippen LogP contribution in [0.5, 0.6) is 11.5 Å². The fraction of sp³-hybridized carbons (Fsp3) is 0.278. The Morgan fingerprint density at radius 1 is 1.12 bits per heavy atom. The van der Waals surface area contributed by atoms with E-state index in [9.17, 15) is 13.2 Å². The molecule has 0 aromatic heterocycles. The first kappa shape index (κ1) is 19.7. The van der Waals surface area contributed by atoms with Gasteiger partial charge in [0, 0.05) is 11.3 Å². The first-order chi connectivity index (χ1) is 12.1. The molecule has 0 heterocycles. The summed E-state index contributed by atoms with van der Waals surface area (Å²) in [5.74, 6) is 0.551. The van der Waals surface area contributed by atoms with Crippen LogP contribution in [0.4, 0.5) is 5.69 Å². The molecule has 7 nitrogen and oxygen atoms in total. The quantitative estimate of drug-likeness (QED) is 0.803. The Morgan fingerprint density at radius 3 is 2.38 bits per heavy atom. The second-order valence-corrected chi connectivity index (χ2v) is 7.54. The minimum atomic E-state index is -3.87. The van der Waals surface area contributed by atoms with Gasteiger partial charge >= 0.3 is 0 Å². The van der Waals surface area contributed by atoms with E-state index in [1.54, 1.807) is 37.3 Å². The maximum Gasteiger partial charge on any atom is 0.255 e. The summed E-state index contributed by atoms with van der Waals surface area (Å²) < 4.78 is 34.1. The number of ether oxygens (including phenoxy) is 2. The van der Waals surface area contributed by atoms with Gasteiger partial charge < -0.3 is 14.8 Å². The van der Waals surface area contributed by atoms with Crippen LogP contribution >= 0.6 is 0 Å². The van der Waals surface area contributed by atoms with E-state index < -0.39 is 15.9 Å². The third-order valence-electron chi connectivity index (χ3n) is 3.54. The number of carbonyl (C=O) groups excluding carboxylic acids is 1. The highest BCUT2D eigenvalue weighted by atomic mass is 32.2. The number of aryl methyl sites for hydroxylation is 1. The van der Waals surface area contributed by atoms with Gasteiger partial charge in [-0.15, -0.1) is 0 Å². The summed E-state index contributed by atoms with van der Waals surface area (Å²) in [6.07, 6.45) is -0.0345. The predicted molar refractivity (Wildman–Crippen MR) is 99.3 cm³/mol. The SMILES string of the molecule is COc1cc(C(=O)Nc2ccc(C)c(S(N)(=O)=O)c2)ccc1OC(C)C. The molecule has 2 aromatic carbocycles. The highest BCUT2D eigenvalue weighted by Gasteiger charge is 2.15. The highest BCUT2D eigenvalue weighted by molar-refractivity contribution is 7.89. The lowest BCUT2D eigenvalue weighted by Gasteiger charge is -2.14. The number of hydrogen-bond donors (Lipinski definition) is 2. The molecule has 3 N–H and O–H groups in total. The summed E-state index contributed by atoms with van der Waals surface area (Å²) in [6, 6.07) is 9.33. The lowest BCUT2D eigenvalue weighted by atomic mass is 10.1. The molecule has 0 saturated carbocycles. The molecule has 2 rings (SSSR count). The number of nitrogens with one attached hydrogen (secondary N) is 1. The number of benzene rings is 2. The third kappa shape index (κ3) is 4.74. The van der Waals surface area contributed by atoms with Crippen LogP contribution in [0.15, 0.2) is 41.3 Å². The number of sulfonamides is 1. The van der Waals surface area contributed by atoms with Gasteiger partial charge in [0.2, 0.25) is 10.0 Å². The molecule has 0 aliphatic carbocycles. The van der Waals surface area contributed by atoms with Crippen LogP contribution in [0.25, 0.3) is 0 Å². The normalized spacial score (nSPS) is 11.3. The summed E-state index contributed by atoms with van der Waals surface area (Å²) in [5.41, 5.74) is 1.17. The fourth-order valence-electron chi connectivity index (χ4n) is 2.35. The molecule has 2 aromatic rings. The van der Waals surface area contributed by atoms with Crippen molar-refractivity contribution in [3.8, 4) is 11.5 Å². The van der Waals surface area contributed by atoms with E-state index in [2.05, 4.69) is 5.32 Å². The van der Waals surface area contributed by atoms with Gasteiger partial charge in [0.05, 0.1) is 18.1 Å². The highest BCUT2D eigenvalue weighted by Crippen LogP contribution is 2.29. The molecular weight excluding hydrogens is 356 g/mol. The molecule has 0 atom stereocenters. The van der Waals surface area contributed by atoms with E-state index in [1.165, 1.54) is 13.2 Å². The maximum absolute atomic E-state index is 12.5. The van der Waals surface area contributed by atoms with Crippen molar-refractivity contribution in [1.82, 2.24) is 0 Å². The van der Waals surface area contributed by atoms with Crippen LogP contribution in [0.3, 0.4) is 0 Å². The number of anilines is 1. The number of amides is 1. The molecule has 0 unspecified atom stereocenters. The van der Waals surface area contributed by atoms with Crippen LogP contribution < -0.4 is 19.9 Å². The second kappa shape index (κ2) is 7.76. The van der Waals surface area contributed by atoms with E-state index in [-0.39, 0.29) is 11.0 Å². The third-order valence-corrected chi connectivity index (χ3v) is 4.59. The van der Waals surface area contributed by atoms with Gasteiger partial charge in [-0.05, 0) is 56.7 Å². The number of carbonyl (C=O) groups is 1. The summed E-state index contributed by atoms with van der Waals surface area (Å²) in [4.78, 5) is 12.4. The molecule has 0 radical (unpaired) electrons. The van der Waals surface area contributed by atoms with E-state index >= 15 is 0 Å². The Hall–Kier alpha value is -2.58. The first-order valence-corrected chi connectivity index (χ1v) is 9.46. The minimum Gasteiger partial charge on any atom is -0.493 e. The average Bonchev–Trinajstić information content (AvgIpc) is 2.55. The Labute approximate surface area is 153 Å². The molecule has 0 aliphatic rings. The van der Waals surface area contributed by atoms with Gasteiger partial charge in [-0.2, -0.15) is 0 Å². The van der Waals surface area contributed by atoms with Crippen molar-refractivity contribution in [3.05, 3.63) is 47.5 Å². The van der Waals surface area contributed by atoms with E-state index in [0.717, 1.165) is 0 Å². The van der Waals surface area contributed by atoms with Gasteiger partial charge in [-0.3, -0.25) is 4.79 Å². The topological polar surface area (TPSA) is 108 Å². The Morgan fingerprint density at radius 2 is 1.81 bits per heavy atom. The number of methoxy groups -OCH3 is 1. The largest absolute Gasteiger partial charge is 0.493 e. The van der Waals surface area contributed by atoms with Crippen LogP contribution in [0, 0.1) is 6.92 Å². The van der Waals surface area contributed by atoms with Crippen molar-refractivity contribution in [2.75, 3.05) is 12.4 Å². The van der Waals surface area contributed by atoms with Crippen LogP contribution in [0.1, 0.15) is 29.8 Å². The van der Waals surface area contributed by atoms with E-state index in [0.29, 0.717) is 28.3 Å². The summed E-state index contributed by atoms with van der Waals surface area (Å²) in [7, 11) is -2.38. The Bertz CT molecular complexity index is 923. The molecule has 0 aliphatic heterocycles. The number of primary sulfonamides is 1. The lowest BCUT2D eigenvalue weighted by Crippen LogP contribution is -2.16. The first-order valence-electron chi connectivity index (χ1n) is 7.91.